The van der Waals surface area contributed by atoms with Crippen molar-refractivity contribution in [1.82, 2.24) is 19.8 Å². The minimum Gasteiger partial charge on any atom is -0.351 e. The SMILES string of the molecule is C[C@@]1(C(=O)NC2CCCC2)Cn2cnc(C(=O)Nc3cccc(Cl)c3)c2C(=O)N1C1CC1. The second kappa shape index (κ2) is 7.92. The van der Waals surface area contributed by atoms with Crippen LogP contribution in [0.1, 0.15) is 66.4 Å². The zero-order chi connectivity index (χ0) is 22.5. The average molecular weight is 456 g/mol. The van der Waals surface area contributed by atoms with Crippen molar-refractivity contribution in [3.63, 3.8) is 0 Å². The van der Waals surface area contributed by atoms with E-state index in [4.69, 9.17) is 11.6 Å². The summed E-state index contributed by atoms with van der Waals surface area (Å²) in [5.41, 5.74) is -0.219. The van der Waals surface area contributed by atoms with Crippen molar-refractivity contribution < 1.29 is 14.4 Å². The number of benzene rings is 1. The lowest BCUT2D eigenvalue weighted by Gasteiger charge is -2.44. The van der Waals surface area contributed by atoms with Crippen LogP contribution in [-0.4, -0.2) is 49.8 Å². The first-order valence-corrected chi connectivity index (χ1v) is 11.5. The number of imidazole rings is 1. The van der Waals surface area contributed by atoms with Gasteiger partial charge in [-0.3, -0.25) is 14.4 Å². The number of nitrogens with zero attached hydrogens (tertiary/aromatic N) is 3. The number of anilines is 1. The molecule has 5 rings (SSSR count). The summed E-state index contributed by atoms with van der Waals surface area (Å²) in [5.74, 6) is -0.936. The number of carbonyl (C=O) groups excluding carboxylic acids is 3. The lowest BCUT2D eigenvalue weighted by atomic mass is 9.93. The van der Waals surface area contributed by atoms with Crippen LogP contribution >= 0.6 is 11.6 Å². The van der Waals surface area contributed by atoms with E-state index < -0.39 is 11.4 Å². The maximum atomic E-state index is 13.6. The maximum absolute atomic E-state index is 13.6. The van der Waals surface area contributed by atoms with E-state index in [1.54, 1.807) is 33.7 Å². The van der Waals surface area contributed by atoms with E-state index in [1.165, 1.54) is 6.33 Å². The van der Waals surface area contributed by atoms with Crippen LogP contribution in [0.15, 0.2) is 30.6 Å². The van der Waals surface area contributed by atoms with Gasteiger partial charge in [0.2, 0.25) is 5.91 Å². The molecule has 2 aromatic rings. The van der Waals surface area contributed by atoms with Crippen molar-refractivity contribution in [2.24, 2.45) is 0 Å². The normalized spacial score (nSPS) is 23.2. The Morgan fingerprint density at radius 3 is 2.62 bits per heavy atom. The number of hydrogen-bond acceptors (Lipinski definition) is 4. The summed E-state index contributed by atoms with van der Waals surface area (Å²) in [5, 5.41) is 6.42. The highest BCUT2D eigenvalue weighted by atomic mass is 35.5. The van der Waals surface area contributed by atoms with Crippen LogP contribution in [-0.2, 0) is 11.3 Å². The molecule has 3 aliphatic rings. The number of rotatable bonds is 5. The highest BCUT2D eigenvalue weighted by molar-refractivity contribution is 6.31. The molecule has 3 amide bonds. The van der Waals surface area contributed by atoms with E-state index in [0.29, 0.717) is 10.7 Å². The Hall–Kier alpha value is -2.87. The predicted molar refractivity (Wildman–Crippen MR) is 120 cm³/mol. The van der Waals surface area contributed by atoms with E-state index in [0.717, 1.165) is 38.5 Å². The fraction of sp³-hybridized carbons (Fsp3) is 0.478. The molecule has 1 aromatic carbocycles. The fourth-order valence-corrected chi connectivity index (χ4v) is 5.08. The van der Waals surface area contributed by atoms with E-state index in [2.05, 4.69) is 15.6 Å². The largest absolute Gasteiger partial charge is 0.351 e. The zero-order valence-electron chi connectivity index (χ0n) is 17.9. The highest BCUT2D eigenvalue weighted by Crippen LogP contribution is 2.39. The van der Waals surface area contributed by atoms with E-state index >= 15 is 0 Å². The third-order valence-corrected chi connectivity index (χ3v) is 6.89. The summed E-state index contributed by atoms with van der Waals surface area (Å²) >= 11 is 6.00. The number of carbonyl (C=O) groups is 3. The molecule has 9 heteroatoms. The molecule has 1 aliphatic heterocycles. The van der Waals surface area contributed by atoms with Gasteiger partial charge < -0.3 is 20.1 Å². The van der Waals surface area contributed by atoms with Crippen molar-refractivity contribution >= 4 is 35.0 Å². The minimum absolute atomic E-state index is 0.00863. The molecule has 0 saturated heterocycles. The summed E-state index contributed by atoms with van der Waals surface area (Å²) in [6.45, 7) is 2.09. The van der Waals surface area contributed by atoms with Crippen LogP contribution in [0.4, 0.5) is 5.69 Å². The van der Waals surface area contributed by atoms with Gasteiger partial charge in [-0.2, -0.15) is 0 Å². The van der Waals surface area contributed by atoms with E-state index in [1.807, 2.05) is 6.92 Å². The van der Waals surface area contributed by atoms with E-state index in [-0.39, 0.29) is 41.8 Å². The molecule has 0 spiro atoms. The topological polar surface area (TPSA) is 96.3 Å². The van der Waals surface area contributed by atoms with Crippen LogP contribution in [0.2, 0.25) is 5.02 Å². The predicted octanol–water partition coefficient (Wildman–Crippen LogP) is 3.22. The fourth-order valence-electron chi connectivity index (χ4n) is 4.89. The Morgan fingerprint density at radius 2 is 1.94 bits per heavy atom. The van der Waals surface area contributed by atoms with Crippen molar-refractivity contribution in [2.75, 3.05) is 5.32 Å². The Morgan fingerprint density at radius 1 is 1.19 bits per heavy atom. The third-order valence-electron chi connectivity index (χ3n) is 6.66. The Labute approximate surface area is 191 Å². The molecule has 0 unspecified atom stereocenters. The standard InChI is InChI=1S/C23H26ClN5O3/c1-23(22(32)27-15-6-2-3-7-15)12-28-13-25-18(19(28)21(31)29(23)17-9-10-17)20(30)26-16-8-4-5-14(24)11-16/h4-5,8,11,13,15,17H,2-3,6-7,9-10,12H2,1H3,(H,26,30)(H,27,32)/t23-/m0/s1. The number of hydrogen-bond donors (Lipinski definition) is 2. The molecule has 2 fully saturated rings. The Kier molecular flexibility index (Phi) is 5.20. The monoisotopic (exact) mass is 455 g/mol. The minimum atomic E-state index is -1.02. The van der Waals surface area contributed by atoms with Gasteiger partial charge in [0, 0.05) is 22.8 Å². The van der Waals surface area contributed by atoms with Gasteiger partial charge in [0.25, 0.3) is 11.8 Å². The van der Waals surface area contributed by atoms with Crippen molar-refractivity contribution in [1.29, 1.82) is 0 Å². The summed E-state index contributed by atoms with van der Waals surface area (Å²) in [7, 11) is 0. The zero-order valence-corrected chi connectivity index (χ0v) is 18.7. The van der Waals surface area contributed by atoms with Crippen molar-refractivity contribution in [3.8, 4) is 0 Å². The lowest BCUT2D eigenvalue weighted by Crippen LogP contribution is -2.65. The Bertz CT molecular complexity index is 1090. The molecule has 1 aromatic heterocycles. The molecule has 168 valence electrons. The molecule has 2 saturated carbocycles. The second-order valence-corrected chi connectivity index (χ2v) is 9.61. The van der Waals surface area contributed by atoms with Crippen LogP contribution in [0.3, 0.4) is 0 Å². The van der Waals surface area contributed by atoms with Gasteiger partial charge in [-0.25, -0.2) is 4.98 Å². The van der Waals surface area contributed by atoms with Crippen LogP contribution in [0.25, 0.3) is 0 Å². The van der Waals surface area contributed by atoms with Gasteiger partial charge in [-0.15, -0.1) is 0 Å². The number of fused-ring (bicyclic) bond motifs is 1. The van der Waals surface area contributed by atoms with Gasteiger partial charge in [0.05, 0.1) is 12.9 Å². The molecule has 0 bridgehead atoms. The van der Waals surface area contributed by atoms with Gasteiger partial charge in [0.15, 0.2) is 5.69 Å². The quantitative estimate of drug-likeness (QED) is 0.723. The first-order valence-electron chi connectivity index (χ1n) is 11.1. The summed E-state index contributed by atoms with van der Waals surface area (Å²) in [4.78, 5) is 45.9. The second-order valence-electron chi connectivity index (χ2n) is 9.17. The first-order chi connectivity index (χ1) is 15.4. The molecule has 1 atom stereocenters. The lowest BCUT2D eigenvalue weighted by molar-refractivity contribution is -0.134. The summed E-state index contributed by atoms with van der Waals surface area (Å²) < 4.78 is 1.64. The Balaban J connectivity index is 1.44. The van der Waals surface area contributed by atoms with Gasteiger partial charge in [-0.05, 0) is 50.8 Å². The molecule has 0 radical (unpaired) electrons. The van der Waals surface area contributed by atoms with Gasteiger partial charge >= 0.3 is 0 Å². The molecule has 2 aliphatic carbocycles. The summed E-state index contributed by atoms with van der Waals surface area (Å²) in [6, 6.07) is 6.96. The molecule has 2 N–H and O–H groups in total. The van der Waals surface area contributed by atoms with Crippen molar-refractivity contribution in [3.05, 3.63) is 47.0 Å². The van der Waals surface area contributed by atoms with Gasteiger partial charge in [-0.1, -0.05) is 30.5 Å². The maximum Gasteiger partial charge on any atom is 0.276 e. The number of halogens is 1. The van der Waals surface area contributed by atoms with Crippen molar-refractivity contribution in [2.45, 2.75) is 69.6 Å². The van der Waals surface area contributed by atoms with Crippen LogP contribution in [0, 0.1) is 0 Å². The molecule has 2 heterocycles. The molecule has 8 nitrogen and oxygen atoms in total. The molecular formula is C23H26ClN5O3. The summed E-state index contributed by atoms with van der Waals surface area (Å²) in [6.07, 6.45) is 7.37. The van der Waals surface area contributed by atoms with E-state index in [9.17, 15) is 14.4 Å². The highest BCUT2D eigenvalue weighted by Gasteiger charge is 2.54. The van der Waals surface area contributed by atoms with Crippen LogP contribution in [0.5, 0.6) is 0 Å². The molecule has 32 heavy (non-hydrogen) atoms. The molecular weight excluding hydrogens is 430 g/mol. The van der Waals surface area contributed by atoms with Gasteiger partial charge in [0.1, 0.15) is 11.2 Å². The number of aromatic nitrogens is 2. The first kappa shape index (κ1) is 21.0. The smallest absolute Gasteiger partial charge is 0.276 e. The third kappa shape index (κ3) is 3.66. The number of nitrogens with one attached hydrogen (secondary N) is 2. The van der Waals surface area contributed by atoms with Crippen LogP contribution < -0.4 is 10.6 Å². The number of amides is 3. The average Bonchev–Trinajstić information content (AvgIpc) is 3.26.